The van der Waals surface area contributed by atoms with Crippen LogP contribution in [0.25, 0.3) is 0 Å². The molecule has 0 aliphatic heterocycles. The van der Waals surface area contributed by atoms with Crippen molar-refractivity contribution in [3.8, 4) is 0 Å². The molecule has 7 heteroatoms. The number of hydrogen-bond donors (Lipinski definition) is 1. The first-order valence-electron chi connectivity index (χ1n) is 5.73. The van der Waals surface area contributed by atoms with E-state index < -0.39 is 16.8 Å². The van der Waals surface area contributed by atoms with Gasteiger partial charge in [-0.1, -0.05) is 12.1 Å². The van der Waals surface area contributed by atoms with E-state index in [-0.39, 0.29) is 30.8 Å². The number of rotatable bonds is 6. The number of esters is 1. The molecule has 0 saturated heterocycles. The molecule has 0 aromatic heterocycles. The minimum absolute atomic E-state index is 0.0280. The zero-order valence-corrected chi connectivity index (χ0v) is 10.4. The molecule has 102 valence electrons. The highest BCUT2D eigenvalue weighted by Crippen LogP contribution is 2.17. The molecule has 0 unspecified atom stereocenters. The fraction of sp³-hybridized carbons (Fsp3) is 0.333. The minimum atomic E-state index is -0.625. The molecule has 0 saturated carbocycles. The van der Waals surface area contributed by atoms with Crippen LogP contribution in [-0.4, -0.2) is 30.0 Å². The van der Waals surface area contributed by atoms with Crippen molar-refractivity contribution in [1.82, 2.24) is 5.32 Å². The van der Waals surface area contributed by atoms with Gasteiger partial charge >= 0.3 is 5.97 Å². The predicted octanol–water partition coefficient (Wildman–Crippen LogP) is 1.28. The smallest absolute Gasteiger partial charge is 0.307 e. The Kier molecular flexibility index (Phi) is 5.46. The zero-order valence-electron chi connectivity index (χ0n) is 10.4. The minimum Gasteiger partial charge on any atom is -0.466 e. The summed E-state index contributed by atoms with van der Waals surface area (Å²) in [5.74, 6) is -1.01. The van der Waals surface area contributed by atoms with Crippen molar-refractivity contribution >= 4 is 17.6 Å². The number of nitrogens with zero attached hydrogens (tertiary/aromatic N) is 1. The van der Waals surface area contributed by atoms with Gasteiger partial charge in [-0.2, -0.15) is 0 Å². The van der Waals surface area contributed by atoms with E-state index in [0.717, 1.165) is 0 Å². The molecule has 1 aromatic rings. The molecule has 1 amide bonds. The Morgan fingerprint density at radius 3 is 2.68 bits per heavy atom. The molecule has 1 aromatic carbocycles. The number of amides is 1. The number of benzene rings is 1. The lowest BCUT2D eigenvalue weighted by Gasteiger charge is -2.05. The summed E-state index contributed by atoms with van der Waals surface area (Å²) in [6.07, 6.45) is 0.0280. The summed E-state index contributed by atoms with van der Waals surface area (Å²) in [7, 11) is 0. The van der Waals surface area contributed by atoms with Crippen LogP contribution in [0.3, 0.4) is 0 Å². The number of hydrogen-bond acceptors (Lipinski definition) is 5. The lowest BCUT2D eigenvalue weighted by Crippen LogP contribution is -2.27. The Bertz CT molecular complexity index is 487. The molecule has 1 N–H and O–H groups in total. The third-order valence-electron chi connectivity index (χ3n) is 2.27. The molecule has 0 aliphatic rings. The first-order chi connectivity index (χ1) is 9.06. The van der Waals surface area contributed by atoms with Gasteiger partial charge in [0.15, 0.2) is 0 Å². The van der Waals surface area contributed by atoms with E-state index in [9.17, 15) is 19.7 Å². The second-order valence-electron chi connectivity index (χ2n) is 3.59. The summed E-state index contributed by atoms with van der Waals surface area (Å²) in [5, 5.41) is 13.2. The van der Waals surface area contributed by atoms with Crippen molar-refractivity contribution in [3.05, 3.63) is 39.9 Å². The van der Waals surface area contributed by atoms with Crippen LogP contribution in [0.1, 0.15) is 23.7 Å². The quantitative estimate of drug-likeness (QED) is 0.475. The van der Waals surface area contributed by atoms with Crippen LogP contribution in [0, 0.1) is 10.1 Å². The summed E-state index contributed by atoms with van der Waals surface area (Å²) in [6.45, 7) is 2.03. The van der Waals surface area contributed by atoms with Crippen molar-refractivity contribution in [3.63, 3.8) is 0 Å². The first-order valence-corrected chi connectivity index (χ1v) is 5.73. The van der Waals surface area contributed by atoms with E-state index in [2.05, 4.69) is 5.32 Å². The third kappa shape index (κ3) is 4.38. The van der Waals surface area contributed by atoms with Gasteiger partial charge in [-0.3, -0.25) is 19.7 Å². The van der Waals surface area contributed by atoms with Crippen molar-refractivity contribution in [2.75, 3.05) is 13.2 Å². The molecule has 0 aliphatic carbocycles. The first kappa shape index (κ1) is 14.6. The summed E-state index contributed by atoms with van der Waals surface area (Å²) in [4.78, 5) is 32.9. The second kappa shape index (κ2) is 7.10. The maximum absolute atomic E-state index is 11.7. The molecule has 1 rings (SSSR count). The van der Waals surface area contributed by atoms with Gasteiger partial charge in [0.05, 0.1) is 18.0 Å². The summed E-state index contributed by atoms with van der Waals surface area (Å²) >= 11 is 0. The van der Waals surface area contributed by atoms with Crippen LogP contribution in [0.2, 0.25) is 0 Å². The number of nitrogens with one attached hydrogen (secondary N) is 1. The maximum atomic E-state index is 11.7. The second-order valence-corrected chi connectivity index (χ2v) is 3.59. The Morgan fingerprint density at radius 2 is 2.05 bits per heavy atom. The lowest BCUT2D eigenvalue weighted by molar-refractivity contribution is -0.385. The highest BCUT2D eigenvalue weighted by atomic mass is 16.6. The van der Waals surface area contributed by atoms with Crippen LogP contribution in [0.15, 0.2) is 24.3 Å². The van der Waals surface area contributed by atoms with E-state index in [1.54, 1.807) is 6.92 Å². The van der Waals surface area contributed by atoms with Crippen molar-refractivity contribution < 1.29 is 19.2 Å². The van der Waals surface area contributed by atoms with Crippen molar-refractivity contribution in [1.29, 1.82) is 0 Å². The Morgan fingerprint density at radius 1 is 1.37 bits per heavy atom. The number of ether oxygens (including phenoxy) is 1. The number of nitro groups is 1. The summed E-state index contributed by atoms with van der Waals surface area (Å²) in [5.41, 5.74) is -0.299. The molecule has 0 heterocycles. The van der Waals surface area contributed by atoms with Crippen molar-refractivity contribution in [2.24, 2.45) is 0 Å². The van der Waals surface area contributed by atoms with Gasteiger partial charge < -0.3 is 10.1 Å². The van der Waals surface area contributed by atoms with Gasteiger partial charge in [-0.05, 0) is 13.0 Å². The highest BCUT2D eigenvalue weighted by molar-refractivity contribution is 5.98. The van der Waals surface area contributed by atoms with Gasteiger partial charge in [0.2, 0.25) is 0 Å². The largest absolute Gasteiger partial charge is 0.466 e. The summed E-state index contributed by atoms with van der Waals surface area (Å²) in [6, 6.07) is 5.62. The fourth-order valence-electron chi connectivity index (χ4n) is 1.43. The normalized spacial score (nSPS) is 9.74. The van der Waals surface area contributed by atoms with Gasteiger partial charge in [0.1, 0.15) is 5.56 Å². The molecule has 0 bridgehead atoms. The fourth-order valence-corrected chi connectivity index (χ4v) is 1.43. The van der Waals surface area contributed by atoms with Gasteiger partial charge in [0, 0.05) is 12.6 Å². The molecule has 0 radical (unpaired) electrons. The molecular weight excluding hydrogens is 252 g/mol. The van der Waals surface area contributed by atoms with Crippen LogP contribution in [0.4, 0.5) is 5.69 Å². The standard InChI is InChI=1S/C12H14N2O5/c1-2-19-11(15)7-8-13-12(16)9-5-3-4-6-10(9)14(17)18/h3-6H,2,7-8H2,1H3,(H,13,16). The number of para-hydroxylation sites is 1. The molecule has 0 spiro atoms. The molecule has 0 atom stereocenters. The third-order valence-corrected chi connectivity index (χ3v) is 2.27. The Hall–Kier alpha value is -2.44. The van der Waals surface area contributed by atoms with Crippen LogP contribution < -0.4 is 5.32 Å². The molecule has 7 nitrogen and oxygen atoms in total. The zero-order chi connectivity index (χ0) is 14.3. The van der Waals surface area contributed by atoms with E-state index in [1.807, 2.05) is 0 Å². The topological polar surface area (TPSA) is 98.5 Å². The predicted molar refractivity (Wildman–Crippen MR) is 66.7 cm³/mol. The number of nitro benzene ring substituents is 1. The summed E-state index contributed by atoms with van der Waals surface area (Å²) < 4.78 is 4.69. The van der Waals surface area contributed by atoms with Gasteiger partial charge in [-0.25, -0.2) is 0 Å². The average molecular weight is 266 g/mol. The van der Waals surface area contributed by atoms with E-state index in [4.69, 9.17) is 4.74 Å². The average Bonchev–Trinajstić information content (AvgIpc) is 2.38. The highest BCUT2D eigenvalue weighted by Gasteiger charge is 2.18. The maximum Gasteiger partial charge on any atom is 0.307 e. The van der Waals surface area contributed by atoms with Crippen LogP contribution in [0.5, 0.6) is 0 Å². The van der Waals surface area contributed by atoms with E-state index >= 15 is 0 Å². The van der Waals surface area contributed by atoms with Crippen LogP contribution >= 0.6 is 0 Å². The SMILES string of the molecule is CCOC(=O)CCNC(=O)c1ccccc1[N+](=O)[O-]. The molecule has 19 heavy (non-hydrogen) atoms. The lowest BCUT2D eigenvalue weighted by atomic mass is 10.1. The Balaban J connectivity index is 2.59. The number of carbonyl (C=O) groups is 2. The Labute approximate surface area is 109 Å². The molecular formula is C12H14N2O5. The van der Waals surface area contributed by atoms with E-state index in [0.29, 0.717) is 0 Å². The van der Waals surface area contributed by atoms with Gasteiger partial charge in [-0.15, -0.1) is 0 Å². The number of carbonyl (C=O) groups excluding carboxylic acids is 2. The van der Waals surface area contributed by atoms with Crippen molar-refractivity contribution in [2.45, 2.75) is 13.3 Å². The molecule has 0 fully saturated rings. The van der Waals surface area contributed by atoms with E-state index in [1.165, 1.54) is 24.3 Å². The monoisotopic (exact) mass is 266 g/mol. The van der Waals surface area contributed by atoms with Crippen LogP contribution in [-0.2, 0) is 9.53 Å². The van der Waals surface area contributed by atoms with Gasteiger partial charge in [0.25, 0.3) is 11.6 Å².